The number of hydrazone groups is 1. The lowest BCUT2D eigenvalue weighted by Crippen LogP contribution is -2.30. The highest BCUT2D eigenvalue weighted by Crippen LogP contribution is 2.28. The maximum Gasteiger partial charge on any atom is 0.516 e. The minimum absolute atomic E-state index is 0.198. The molecule has 28 heavy (non-hydrogen) atoms. The van der Waals surface area contributed by atoms with Crippen molar-refractivity contribution in [3.8, 4) is 0 Å². The zero-order valence-electron chi connectivity index (χ0n) is 15.4. The standard InChI is InChI=1S/C19H20F3N3O2S/c1-4-12-25(16-8-6-5-7-9-16)23-15(3)17-13-14(2)10-11-18(17)24-28(26,27)19(20,21)22/h4-11,13,24H,1,12H2,2-3H3/b23-15+. The van der Waals surface area contributed by atoms with Crippen molar-refractivity contribution in [2.24, 2.45) is 5.10 Å². The predicted molar refractivity (Wildman–Crippen MR) is 106 cm³/mol. The zero-order valence-corrected chi connectivity index (χ0v) is 16.2. The molecule has 0 heterocycles. The van der Waals surface area contributed by atoms with Crippen LogP contribution in [0.5, 0.6) is 0 Å². The average Bonchev–Trinajstić information content (AvgIpc) is 2.62. The van der Waals surface area contributed by atoms with Crippen LogP contribution >= 0.6 is 0 Å². The van der Waals surface area contributed by atoms with E-state index in [1.54, 1.807) is 35.7 Å². The van der Waals surface area contributed by atoms with Crippen molar-refractivity contribution in [3.63, 3.8) is 0 Å². The highest BCUT2D eigenvalue weighted by molar-refractivity contribution is 7.93. The van der Waals surface area contributed by atoms with Crippen LogP contribution in [-0.2, 0) is 10.0 Å². The minimum atomic E-state index is -5.55. The van der Waals surface area contributed by atoms with Crippen LogP contribution in [0.2, 0.25) is 0 Å². The van der Waals surface area contributed by atoms with Gasteiger partial charge in [-0.1, -0.05) is 35.9 Å². The summed E-state index contributed by atoms with van der Waals surface area (Å²) >= 11 is 0. The summed E-state index contributed by atoms with van der Waals surface area (Å²) in [6.07, 6.45) is 1.63. The van der Waals surface area contributed by atoms with E-state index >= 15 is 0 Å². The van der Waals surface area contributed by atoms with E-state index in [1.165, 1.54) is 12.1 Å². The molecule has 0 fully saturated rings. The number of nitrogens with zero attached hydrogens (tertiary/aromatic N) is 2. The van der Waals surface area contributed by atoms with Crippen molar-refractivity contribution in [2.75, 3.05) is 16.3 Å². The first kappa shape index (κ1) is 21.5. The van der Waals surface area contributed by atoms with Gasteiger partial charge in [-0.15, -0.1) is 6.58 Å². The summed E-state index contributed by atoms with van der Waals surface area (Å²) in [5, 5.41) is 6.08. The summed E-state index contributed by atoms with van der Waals surface area (Å²) in [6, 6.07) is 13.5. The van der Waals surface area contributed by atoms with Crippen molar-refractivity contribution in [3.05, 3.63) is 72.3 Å². The van der Waals surface area contributed by atoms with Gasteiger partial charge in [0.05, 0.1) is 23.6 Å². The molecule has 5 nitrogen and oxygen atoms in total. The molecule has 0 aliphatic carbocycles. The number of sulfonamides is 1. The molecule has 9 heteroatoms. The zero-order chi connectivity index (χ0) is 20.9. The summed E-state index contributed by atoms with van der Waals surface area (Å²) in [5.41, 5.74) is -3.52. The van der Waals surface area contributed by atoms with Gasteiger partial charge in [0.2, 0.25) is 0 Å². The average molecular weight is 411 g/mol. The van der Waals surface area contributed by atoms with Gasteiger partial charge in [-0.25, -0.2) is 0 Å². The Kier molecular flexibility index (Phi) is 6.50. The molecule has 0 spiro atoms. The normalized spacial score (nSPS) is 12.5. The van der Waals surface area contributed by atoms with Gasteiger partial charge >= 0.3 is 15.5 Å². The first-order chi connectivity index (χ1) is 13.0. The quantitative estimate of drug-likeness (QED) is 0.409. The van der Waals surface area contributed by atoms with Gasteiger partial charge in [0.1, 0.15) is 0 Å². The Hall–Kier alpha value is -2.81. The van der Waals surface area contributed by atoms with Crippen LogP contribution in [0.15, 0.2) is 66.3 Å². The van der Waals surface area contributed by atoms with Gasteiger partial charge in [0.15, 0.2) is 0 Å². The second kappa shape index (κ2) is 8.47. The van der Waals surface area contributed by atoms with E-state index in [9.17, 15) is 21.6 Å². The number of hydrogen-bond donors (Lipinski definition) is 1. The number of para-hydroxylation sites is 1. The maximum absolute atomic E-state index is 12.8. The van der Waals surface area contributed by atoms with E-state index in [-0.39, 0.29) is 11.3 Å². The predicted octanol–water partition coefficient (Wildman–Crippen LogP) is 4.67. The Morgan fingerprint density at radius 1 is 1.21 bits per heavy atom. The third-order valence-corrected chi connectivity index (χ3v) is 4.84. The van der Waals surface area contributed by atoms with Crippen molar-refractivity contribution < 1.29 is 21.6 Å². The van der Waals surface area contributed by atoms with Crippen LogP contribution in [0.25, 0.3) is 0 Å². The van der Waals surface area contributed by atoms with Crippen molar-refractivity contribution in [1.82, 2.24) is 0 Å². The van der Waals surface area contributed by atoms with Gasteiger partial charge < -0.3 is 0 Å². The topological polar surface area (TPSA) is 61.8 Å². The van der Waals surface area contributed by atoms with Gasteiger partial charge in [0.25, 0.3) is 0 Å². The molecule has 0 aliphatic rings. The lowest BCUT2D eigenvalue weighted by Gasteiger charge is -2.20. The largest absolute Gasteiger partial charge is 0.516 e. The molecular formula is C19H20F3N3O2S. The SMILES string of the molecule is C=CCN(/N=C(\C)c1cc(C)ccc1NS(=O)(=O)C(F)(F)F)c1ccccc1. The second-order valence-corrected chi connectivity index (χ2v) is 7.67. The molecule has 0 atom stereocenters. The van der Waals surface area contributed by atoms with Gasteiger partial charge in [-0.2, -0.15) is 26.7 Å². The molecule has 2 aromatic carbocycles. The highest BCUT2D eigenvalue weighted by Gasteiger charge is 2.46. The first-order valence-electron chi connectivity index (χ1n) is 8.24. The summed E-state index contributed by atoms with van der Waals surface area (Å²) in [5.74, 6) is 0. The van der Waals surface area contributed by atoms with Crippen LogP contribution in [-0.4, -0.2) is 26.2 Å². The van der Waals surface area contributed by atoms with E-state index in [0.717, 1.165) is 11.3 Å². The summed E-state index contributed by atoms with van der Waals surface area (Å²) in [6.45, 7) is 7.39. The van der Waals surface area contributed by atoms with E-state index in [0.29, 0.717) is 12.3 Å². The Bertz CT molecular complexity index is 972. The molecule has 0 aliphatic heterocycles. The minimum Gasteiger partial charge on any atom is -0.275 e. The van der Waals surface area contributed by atoms with Crippen molar-refractivity contribution >= 4 is 27.1 Å². The molecule has 2 rings (SSSR count). The maximum atomic E-state index is 12.8. The molecule has 0 aromatic heterocycles. The molecule has 2 aromatic rings. The monoisotopic (exact) mass is 411 g/mol. The number of halogens is 3. The number of anilines is 2. The second-order valence-electron chi connectivity index (χ2n) is 5.99. The highest BCUT2D eigenvalue weighted by atomic mass is 32.2. The number of alkyl halides is 3. The van der Waals surface area contributed by atoms with Crippen LogP contribution in [0.1, 0.15) is 18.1 Å². The number of hydrogen-bond acceptors (Lipinski definition) is 4. The van der Waals surface area contributed by atoms with Crippen molar-refractivity contribution in [1.29, 1.82) is 0 Å². The summed E-state index contributed by atoms with van der Waals surface area (Å²) in [7, 11) is -5.55. The van der Waals surface area contributed by atoms with Crippen LogP contribution in [0.4, 0.5) is 24.5 Å². The van der Waals surface area contributed by atoms with Gasteiger partial charge in [-0.3, -0.25) is 9.73 Å². The van der Waals surface area contributed by atoms with Crippen LogP contribution in [0, 0.1) is 6.92 Å². The Labute approximate surface area is 162 Å². The Balaban J connectivity index is 2.49. The Morgan fingerprint density at radius 3 is 2.43 bits per heavy atom. The third kappa shape index (κ3) is 5.13. The number of rotatable bonds is 7. The summed E-state index contributed by atoms with van der Waals surface area (Å²) < 4.78 is 63.0. The molecule has 0 amide bonds. The first-order valence-corrected chi connectivity index (χ1v) is 9.72. The van der Waals surface area contributed by atoms with Crippen LogP contribution in [0.3, 0.4) is 0 Å². The van der Waals surface area contributed by atoms with E-state index < -0.39 is 15.5 Å². The third-order valence-electron chi connectivity index (χ3n) is 3.74. The molecule has 0 saturated heterocycles. The fraction of sp³-hybridized carbons (Fsp3) is 0.211. The van der Waals surface area contributed by atoms with E-state index in [1.807, 2.05) is 30.3 Å². The van der Waals surface area contributed by atoms with Gasteiger partial charge in [-0.05, 0) is 38.1 Å². The van der Waals surface area contributed by atoms with E-state index in [4.69, 9.17) is 0 Å². The fourth-order valence-electron chi connectivity index (χ4n) is 2.41. The van der Waals surface area contributed by atoms with E-state index in [2.05, 4.69) is 11.7 Å². The molecule has 1 N–H and O–H groups in total. The fourth-order valence-corrected chi connectivity index (χ4v) is 2.99. The molecular weight excluding hydrogens is 391 g/mol. The molecule has 150 valence electrons. The molecule has 0 saturated carbocycles. The number of benzene rings is 2. The molecule has 0 unspecified atom stereocenters. The molecule has 0 bridgehead atoms. The lowest BCUT2D eigenvalue weighted by atomic mass is 10.1. The smallest absolute Gasteiger partial charge is 0.275 e. The van der Waals surface area contributed by atoms with Crippen molar-refractivity contribution in [2.45, 2.75) is 19.4 Å². The molecule has 0 radical (unpaired) electrons. The number of aryl methyl sites for hydroxylation is 1. The Morgan fingerprint density at radius 2 is 1.86 bits per heavy atom. The number of nitrogens with one attached hydrogen (secondary N) is 1. The van der Waals surface area contributed by atoms with Crippen LogP contribution < -0.4 is 9.73 Å². The summed E-state index contributed by atoms with van der Waals surface area (Å²) in [4.78, 5) is 0. The van der Waals surface area contributed by atoms with Gasteiger partial charge in [0, 0.05) is 5.56 Å². The lowest BCUT2D eigenvalue weighted by molar-refractivity contribution is -0.0429.